The van der Waals surface area contributed by atoms with E-state index in [2.05, 4.69) is 51.0 Å². The summed E-state index contributed by atoms with van der Waals surface area (Å²) in [6.45, 7) is 59.1. The number of ether oxygens (including phenoxy) is 17. The molecule has 0 radical (unpaired) electrons. The Bertz CT molecular complexity index is 4260. The lowest BCUT2D eigenvalue weighted by Crippen LogP contribution is -2.45. The van der Waals surface area contributed by atoms with Crippen molar-refractivity contribution in [1.29, 1.82) is 0 Å². The fourth-order valence-corrected chi connectivity index (χ4v) is 18.6. The minimum absolute atomic E-state index is 0.0143. The molecule has 1 N–H and O–H groups in total. The fraction of sp³-hybridized carbons (Fsp3) is 0.896. The van der Waals surface area contributed by atoms with Crippen LogP contribution in [0.25, 0.3) is 0 Å². The van der Waals surface area contributed by atoms with Gasteiger partial charge < -0.3 is 85.6 Å². The summed E-state index contributed by atoms with van der Waals surface area (Å²) in [6.07, 6.45) is -6.36. The molecule has 0 aromatic rings. The second-order valence-corrected chi connectivity index (χ2v) is 48.5. The van der Waals surface area contributed by atoms with Gasteiger partial charge >= 0.3 is 84.7 Å². The predicted octanol–water partition coefficient (Wildman–Crippen LogP) is 22.4. The van der Waals surface area contributed by atoms with Gasteiger partial charge in [-0.1, -0.05) is 96.9 Å². The van der Waals surface area contributed by atoms with Gasteiger partial charge in [0, 0.05) is 29.1 Å². The van der Waals surface area contributed by atoms with E-state index in [0.717, 1.165) is 56.8 Å². The first-order valence-electron chi connectivity index (χ1n) is 51.5. The van der Waals surface area contributed by atoms with Gasteiger partial charge in [0.2, 0.25) is 19.1 Å². The summed E-state index contributed by atoms with van der Waals surface area (Å²) in [5, 5.41) is 9.28. The van der Waals surface area contributed by atoms with Crippen LogP contribution < -0.4 is 0 Å². The molecule has 7 aliphatic heterocycles. The lowest BCUT2D eigenvalue weighted by molar-refractivity contribution is -0.261. The highest BCUT2D eigenvalue weighted by atomic mass is 19.4. The van der Waals surface area contributed by atoms with Gasteiger partial charge in [-0.05, 0) is 278 Å². The van der Waals surface area contributed by atoms with Gasteiger partial charge in [0.05, 0.1) is 49.2 Å². The van der Waals surface area contributed by atoms with Crippen molar-refractivity contribution < 1.29 is 195 Å². The van der Waals surface area contributed by atoms with Crippen molar-refractivity contribution in [3.8, 4) is 0 Å². The van der Waals surface area contributed by atoms with Crippen molar-refractivity contribution in [2.45, 2.75) is 493 Å². The smallest absolute Gasteiger partial charge is 0.422 e. The van der Waals surface area contributed by atoms with E-state index in [0.29, 0.717) is 61.7 Å². The highest BCUT2D eigenvalue weighted by Gasteiger charge is 2.70. The molecule has 13 rings (SSSR count). The largest absolute Gasteiger partial charge is 0.462 e. The second kappa shape index (κ2) is 50.7. The Morgan fingerprint density at radius 2 is 0.703 bits per heavy atom. The third-order valence-corrected chi connectivity index (χ3v) is 33.5. The molecule has 23 atom stereocenters. The van der Waals surface area contributed by atoms with E-state index in [-0.39, 0.29) is 75.9 Å². The zero-order valence-corrected chi connectivity index (χ0v) is 93.6. The zero-order valence-electron chi connectivity index (χ0n) is 93.6. The van der Waals surface area contributed by atoms with Crippen molar-refractivity contribution in [1.82, 2.24) is 0 Å². The fourth-order valence-electron chi connectivity index (χ4n) is 18.6. The first-order chi connectivity index (χ1) is 67.1. The Balaban J connectivity index is 0.000000351. The first kappa shape index (κ1) is 133. The maximum absolute atomic E-state index is 12.4. The molecule has 7 saturated heterocycles. The average Bonchev–Trinajstić information content (AvgIpc) is 1.56. The highest BCUT2D eigenvalue weighted by Crippen LogP contribution is 2.68. The van der Waals surface area contributed by atoms with Crippen LogP contribution in [0.2, 0.25) is 0 Å². The maximum atomic E-state index is 12.4. The van der Waals surface area contributed by atoms with Crippen LogP contribution in [-0.2, 0) is 133 Å². The van der Waals surface area contributed by atoms with Gasteiger partial charge in [-0.15, -0.1) is 0 Å². The number of aliphatic hydroxyl groups is 1. The van der Waals surface area contributed by atoms with Crippen LogP contribution in [0.15, 0.2) is 0 Å². The molecule has 7 heterocycles. The van der Waals surface area contributed by atoms with E-state index < -0.39 is 211 Å². The quantitative estimate of drug-likeness (QED) is 0.0453. The number of alkyl halides is 13. The van der Waals surface area contributed by atoms with E-state index in [1.54, 1.807) is 111 Å². The lowest BCUT2D eigenvalue weighted by atomic mass is 9.70. The molecular weight excluding hydrogens is 1980 g/mol. The summed E-state index contributed by atoms with van der Waals surface area (Å²) in [5.74, 6) is -3.71. The van der Waals surface area contributed by atoms with Crippen LogP contribution >= 0.6 is 0 Å². The average molecular weight is 2160 g/mol. The standard InChI is InChI=1S/2C16H28O2.2C15H22O7.C14H20O4.C12H21F3O3.C8H13F3O2.C8H14F2O2.CHF3.CH2F2/c2*1-7-14(2,3)13(17)18-12-10-11-8-9-16(12,6)15(11,4)5;2*1-6-14(2,3)13(17)20-9-7-8(18-11(9)16)10-12(19-7)22-15(4,5)21-10;1-4-14(2,3)13(16)18-10-7-5-8-9(6-7)12(15)17-11(8)10;1-6-10(3,4)9(16)18-8(2)7-11(5,17)12(13,14)15;1-4-7(2,3)6(12)13-5-8(9,10)11;1-4-8(2,3)7(11)12-5-6(9)10;2-1(3)4;2-1-3/h2*11-12H,7-10H2,1-6H3;2*7-10,12H,6H2,1-5H3;7-11H,4-6H2,1-3H3;8,17H,6-7H2,1-5H3;4-5H2,1-3H3;6H,4-5H2,1-3H3;1H;1H2. The summed E-state index contributed by atoms with van der Waals surface area (Å²) in [7, 11) is 0. The Morgan fingerprint density at radius 1 is 0.399 bits per heavy atom. The minimum atomic E-state index is -4.74. The zero-order chi connectivity index (χ0) is 115. The topological polar surface area (TPSA) is 365 Å². The first-order valence-corrected chi connectivity index (χ1v) is 51.5. The van der Waals surface area contributed by atoms with E-state index in [4.69, 9.17) is 71.1 Å². The molecule has 23 unspecified atom stereocenters. The molecule has 0 aromatic heterocycles. The van der Waals surface area contributed by atoms with Gasteiger partial charge in [0.15, 0.2) is 67.4 Å². The third kappa shape index (κ3) is 32.8. The maximum Gasteiger partial charge on any atom is 0.422 e. The SMILES string of the molecule is CCC(C)(C)C(=O)OC(C)CC(C)(O)C(F)(F)F.CCC(C)(C)C(=O)OC1C(=O)OC2C3OC(C)(C)OC3OC12.CCC(C)(C)C(=O)OC1C(=O)OC2C3OC(C)(C)OC3OC12.CCC(C)(C)C(=O)OC1C2CC3C(=O)OC1C3C2.CCC(C)(C)C(=O)OC1CC2CCC1(C)C2(C)C.CCC(C)(C)C(=O)OC1CC2CCC1(C)C2(C)C.CCC(C)(C)C(=O)OCC(F)(F)F.CCC(C)(C)C(=O)OCC(F)F.FC(F)F.FCF. The number of hydrogen-bond acceptors (Lipinski definition) is 29. The minimum Gasteiger partial charge on any atom is -0.462 e. The molecule has 0 amide bonds. The van der Waals surface area contributed by atoms with Crippen molar-refractivity contribution in [2.24, 2.45) is 94.6 Å². The van der Waals surface area contributed by atoms with Gasteiger partial charge in [0.25, 0.3) is 6.43 Å². The van der Waals surface area contributed by atoms with Crippen LogP contribution in [0.3, 0.4) is 0 Å². The summed E-state index contributed by atoms with van der Waals surface area (Å²) in [6, 6.07) is 0. The number of esters is 11. The molecule has 6 aliphatic carbocycles. The Morgan fingerprint density at radius 3 is 1.00 bits per heavy atom. The second-order valence-electron chi connectivity index (χ2n) is 48.5. The molecule has 6 saturated carbocycles. The van der Waals surface area contributed by atoms with Crippen molar-refractivity contribution >= 4 is 65.7 Å². The molecule has 860 valence electrons. The summed E-state index contributed by atoms with van der Waals surface area (Å²) < 4.78 is 235. The van der Waals surface area contributed by atoms with E-state index in [1.165, 1.54) is 32.6 Å². The van der Waals surface area contributed by atoms with Crippen molar-refractivity contribution in [2.75, 3.05) is 20.1 Å². The van der Waals surface area contributed by atoms with Crippen LogP contribution in [0.4, 0.5) is 57.1 Å². The summed E-state index contributed by atoms with van der Waals surface area (Å²) in [5.41, 5.74) is -6.59. The van der Waals surface area contributed by atoms with Crippen LogP contribution in [0, 0.1) is 94.6 Å². The molecule has 13 aliphatic rings. The molecule has 148 heavy (non-hydrogen) atoms. The number of carbonyl (C=O) groups excluding carboxylic acids is 11. The normalized spacial score (nSPS) is 30.5. The number of hydrogen-bond donors (Lipinski definition) is 1. The van der Waals surface area contributed by atoms with Crippen LogP contribution in [0.5, 0.6) is 0 Å². The molecule has 6 bridgehead atoms. The molecule has 13 fully saturated rings. The van der Waals surface area contributed by atoms with E-state index >= 15 is 0 Å². The number of fused-ring (bicyclic) bond motifs is 11. The van der Waals surface area contributed by atoms with Crippen molar-refractivity contribution in [3.63, 3.8) is 0 Å². The van der Waals surface area contributed by atoms with E-state index in [1.807, 2.05) is 83.1 Å². The predicted molar refractivity (Wildman–Crippen MR) is 512 cm³/mol. The Labute approximate surface area is 865 Å². The molecule has 0 spiro atoms. The summed E-state index contributed by atoms with van der Waals surface area (Å²) >= 11 is 0. The van der Waals surface area contributed by atoms with Gasteiger partial charge in [0.1, 0.15) is 42.7 Å². The molecule has 42 heteroatoms. The van der Waals surface area contributed by atoms with Crippen LogP contribution in [-0.4, -0.2) is 225 Å². The van der Waals surface area contributed by atoms with Gasteiger partial charge in [-0.2, -0.15) is 39.5 Å². The van der Waals surface area contributed by atoms with Gasteiger partial charge in [-0.25, -0.2) is 27.2 Å². The Kier molecular flexibility index (Phi) is 45.6. The van der Waals surface area contributed by atoms with E-state index in [9.17, 15) is 115 Å². The third-order valence-electron chi connectivity index (χ3n) is 33.5. The lowest BCUT2D eigenvalue weighted by Gasteiger charge is -2.39. The summed E-state index contributed by atoms with van der Waals surface area (Å²) in [4.78, 5) is 130. The number of rotatable bonds is 27. The number of carbonyl (C=O) groups is 11. The van der Waals surface area contributed by atoms with Crippen LogP contribution in [0.1, 0.15) is 358 Å². The van der Waals surface area contributed by atoms with Gasteiger partial charge in [-0.3, -0.25) is 43.2 Å². The number of halogens is 13. The molecule has 29 nitrogen and oxygen atoms in total. The molecule has 0 aromatic carbocycles. The monoisotopic (exact) mass is 2160 g/mol. The highest BCUT2D eigenvalue weighted by molar-refractivity contribution is 5.86. The molecular formula is C106H171F13O29. The Hall–Kier alpha value is -7.02. The van der Waals surface area contributed by atoms with Crippen molar-refractivity contribution in [3.05, 3.63) is 0 Å².